The van der Waals surface area contributed by atoms with Gasteiger partial charge in [0.1, 0.15) is 0 Å². The second-order valence-corrected chi connectivity index (χ2v) is 3.94. The maximum atomic E-state index is 3.57. The van der Waals surface area contributed by atoms with Crippen LogP contribution >= 0.6 is 0 Å². The van der Waals surface area contributed by atoms with Crippen molar-refractivity contribution < 1.29 is 0 Å². The largest absolute Gasteiger partial charge is 0.313 e. The van der Waals surface area contributed by atoms with Crippen LogP contribution in [0.1, 0.15) is 47.0 Å². The fourth-order valence-corrected chi connectivity index (χ4v) is 1.90. The lowest BCUT2D eigenvalue weighted by molar-refractivity contribution is 0.248. The Morgan fingerprint density at radius 3 is 2.21 bits per heavy atom. The summed E-state index contributed by atoms with van der Waals surface area (Å²) < 4.78 is 0. The summed E-state index contributed by atoms with van der Waals surface area (Å²) in [4.78, 5) is 2.54. The van der Waals surface area contributed by atoms with Crippen molar-refractivity contribution >= 4 is 0 Å². The predicted octanol–water partition coefficient (Wildman–Crippen LogP) is 2.50. The maximum absolute atomic E-state index is 3.57. The Morgan fingerprint density at radius 2 is 1.79 bits per heavy atom. The van der Waals surface area contributed by atoms with E-state index in [2.05, 4.69) is 37.9 Å². The van der Waals surface area contributed by atoms with Crippen molar-refractivity contribution in [2.24, 2.45) is 0 Å². The van der Waals surface area contributed by atoms with E-state index in [4.69, 9.17) is 0 Å². The van der Waals surface area contributed by atoms with E-state index in [0.29, 0.717) is 6.04 Å². The van der Waals surface area contributed by atoms with Gasteiger partial charge in [0.2, 0.25) is 0 Å². The zero-order valence-corrected chi connectivity index (χ0v) is 10.5. The Balaban J connectivity index is 3.83. The Labute approximate surface area is 90.1 Å². The highest BCUT2D eigenvalue weighted by molar-refractivity contribution is 4.70. The normalized spacial score (nSPS) is 13.5. The van der Waals surface area contributed by atoms with Crippen molar-refractivity contribution in [3.05, 3.63) is 0 Å². The summed E-state index contributed by atoms with van der Waals surface area (Å²) in [5, 5.41) is 3.57. The van der Waals surface area contributed by atoms with Gasteiger partial charge in [-0.3, -0.25) is 0 Å². The third-order valence-electron chi connectivity index (χ3n) is 2.60. The molecule has 0 radical (unpaired) electrons. The summed E-state index contributed by atoms with van der Waals surface area (Å²) in [7, 11) is 0. The molecular weight excluding hydrogens is 172 g/mol. The number of hydrogen-bond acceptors (Lipinski definition) is 2. The third-order valence-corrected chi connectivity index (χ3v) is 2.60. The van der Waals surface area contributed by atoms with E-state index in [0.717, 1.165) is 6.54 Å². The quantitative estimate of drug-likeness (QED) is 0.615. The van der Waals surface area contributed by atoms with Gasteiger partial charge >= 0.3 is 0 Å². The number of rotatable bonds is 9. The average Bonchev–Trinajstić information content (AvgIpc) is 2.18. The Morgan fingerprint density at radius 1 is 1.07 bits per heavy atom. The highest BCUT2D eigenvalue weighted by Gasteiger charge is 2.10. The average molecular weight is 200 g/mol. The lowest BCUT2D eigenvalue weighted by atomic mass is 10.1. The summed E-state index contributed by atoms with van der Waals surface area (Å²) in [6.07, 6.45) is 3.84. The first-order valence-corrected chi connectivity index (χ1v) is 6.24. The van der Waals surface area contributed by atoms with Crippen LogP contribution in [0.2, 0.25) is 0 Å². The van der Waals surface area contributed by atoms with E-state index >= 15 is 0 Å². The standard InChI is InChI=1S/C12H28N2/c1-5-9-12(13-7-3)11-14(8-4)10-6-2/h12-13H,5-11H2,1-4H3. The van der Waals surface area contributed by atoms with Gasteiger partial charge in [-0.25, -0.2) is 0 Å². The van der Waals surface area contributed by atoms with Crippen molar-refractivity contribution in [2.45, 2.75) is 53.0 Å². The molecule has 0 amide bonds. The highest BCUT2D eigenvalue weighted by Crippen LogP contribution is 2.01. The Hall–Kier alpha value is -0.0800. The summed E-state index contributed by atoms with van der Waals surface area (Å²) in [6.45, 7) is 13.7. The van der Waals surface area contributed by atoms with Gasteiger partial charge < -0.3 is 10.2 Å². The van der Waals surface area contributed by atoms with Crippen molar-refractivity contribution in [1.29, 1.82) is 0 Å². The predicted molar refractivity (Wildman–Crippen MR) is 64.8 cm³/mol. The van der Waals surface area contributed by atoms with Crippen LogP contribution < -0.4 is 5.32 Å². The zero-order chi connectivity index (χ0) is 10.8. The van der Waals surface area contributed by atoms with Gasteiger partial charge in [0.05, 0.1) is 0 Å². The summed E-state index contributed by atoms with van der Waals surface area (Å²) in [6, 6.07) is 0.691. The van der Waals surface area contributed by atoms with E-state index < -0.39 is 0 Å². The first kappa shape index (κ1) is 13.9. The zero-order valence-electron chi connectivity index (χ0n) is 10.5. The number of nitrogens with one attached hydrogen (secondary N) is 1. The molecule has 14 heavy (non-hydrogen) atoms. The fraction of sp³-hybridized carbons (Fsp3) is 1.00. The molecule has 2 nitrogen and oxygen atoms in total. The molecule has 0 spiro atoms. The Kier molecular flexibility index (Phi) is 9.42. The minimum atomic E-state index is 0.691. The molecular formula is C12H28N2. The Bertz CT molecular complexity index is 109. The van der Waals surface area contributed by atoms with E-state index in [-0.39, 0.29) is 0 Å². The third kappa shape index (κ3) is 6.39. The van der Waals surface area contributed by atoms with Crippen LogP contribution in [0.3, 0.4) is 0 Å². The van der Waals surface area contributed by atoms with Crippen LogP contribution in [-0.4, -0.2) is 37.1 Å². The van der Waals surface area contributed by atoms with Gasteiger partial charge in [0.15, 0.2) is 0 Å². The number of nitrogens with zero attached hydrogens (tertiary/aromatic N) is 1. The van der Waals surface area contributed by atoms with Crippen LogP contribution in [0.15, 0.2) is 0 Å². The molecule has 0 aliphatic carbocycles. The lowest BCUT2D eigenvalue weighted by Gasteiger charge is -2.26. The minimum absolute atomic E-state index is 0.691. The topological polar surface area (TPSA) is 15.3 Å². The molecule has 0 aromatic carbocycles. The molecule has 1 N–H and O–H groups in total. The first-order chi connectivity index (χ1) is 6.78. The molecule has 0 bridgehead atoms. The maximum Gasteiger partial charge on any atom is 0.0194 e. The van der Waals surface area contributed by atoms with Gasteiger partial charge in [-0.05, 0) is 32.5 Å². The van der Waals surface area contributed by atoms with Crippen molar-refractivity contribution in [1.82, 2.24) is 10.2 Å². The molecule has 86 valence electrons. The number of likely N-dealkylation sites (N-methyl/N-ethyl adjacent to an activating group) is 2. The smallest absolute Gasteiger partial charge is 0.0194 e. The molecule has 0 rings (SSSR count). The van der Waals surface area contributed by atoms with Crippen LogP contribution in [0.25, 0.3) is 0 Å². The fourth-order valence-electron chi connectivity index (χ4n) is 1.90. The van der Waals surface area contributed by atoms with Crippen LogP contribution in [0, 0.1) is 0 Å². The van der Waals surface area contributed by atoms with Gasteiger partial charge in [0, 0.05) is 12.6 Å². The molecule has 0 aromatic rings. The van der Waals surface area contributed by atoms with Crippen molar-refractivity contribution in [3.8, 4) is 0 Å². The monoisotopic (exact) mass is 200 g/mol. The molecule has 2 heteroatoms. The van der Waals surface area contributed by atoms with E-state index in [1.165, 1.54) is 38.9 Å². The van der Waals surface area contributed by atoms with Gasteiger partial charge in [-0.15, -0.1) is 0 Å². The molecule has 0 aliphatic rings. The summed E-state index contributed by atoms with van der Waals surface area (Å²) >= 11 is 0. The molecule has 0 saturated carbocycles. The molecule has 0 aromatic heterocycles. The first-order valence-electron chi connectivity index (χ1n) is 6.24. The molecule has 1 atom stereocenters. The molecule has 0 saturated heterocycles. The summed E-state index contributed by atoms with van der Waals surface area (Å²) in [5.41, 5.74) is 0. The second-order valence-electron chi connectivity index (χ2n) is 3.94. The van der Waals surface area contributed by atoms with Crippen LogP contribution in [0.4, 0.5) is 0 Å². The highest BCUT2D eigenvalue weighted by atomic mass is 15.1. The van der Waals surface area contributed by atoms with Gasteiger partial charge in [-0.2, -0.15) is 0 Å². The van der Waals surface area contributed by atoms with E-state index in [9.17, 15) is 0 Å². The molecule has 0 heterocycles. The van der Waals surface area contributed by atoms with E-state index in [1.54, 1.807) is 0 Å². The van der Waals surface area contributed by atoms with Gasteiger partial charge in [0.25, 0.3) is 0 Å². The molecule has 1 unspecified atom stereocenters. The number of hydrogen-bond donors (Lipinski definition) is 1. The second kappa shape index (κ2) is 9.47. The molecule has 0 fully saturated rings. The minimum Gasteiger partial charge on any atom is -0.313 e. The van der Waals surface area contributed by atoms with Gasteiger partial charge in [-0.1, -0.05) is 34.1 Å². The van der Waals surface area contributed by atoms with Crippen molar-refractivity contribution in [2.75, 3.05) is 26.2 Å². The molecule has 0 aliphatic heterocycles. The van der Waals surface area contributed by atoms with E-state index in [1.807, 2.05) is 0 Å². The van der Waals surface area contributed by atoms with Crippen LogP contribution in [-0.2, 0) is 0 Å². The lowest BCUT2D eigenvalue weighted by Crippen LogP contribution is -2.41. The van der Waals surface area contributed by atoms with Crippen molar-refractivity contribution in [3.63, 3.8) is 0 Å². The SMILES string of the molecule is CCCC(CN(CC)CCC)NCC. The summed E-state index contributed by atoms with van der Waals surface area (Å²) in [5.74, 6) is 0. The van der Waals surface area contributed by atoms with Crippen LogP contribution in [0.5, 0.6) is 0 Å².